The first-order valence-corrected chi connectivity index (χ1v) is 3.44. The van der Waals surface area contributed by atoms with Gasteiger partial charge >= 0.3 is 0 Å². The van der Waals surface area contributed by atoms with E-state index in [1.54, 1.807) is 6.92 Å². The fraction of sp³-hybridized carbons (Fsp3) is 1.00. The largest absolute Gasteiger partial charge is 0.388 e. The molecule has 0 aromatic heterocycles. The third-order valence-corrected chi connectivity index (χ3v) is 1.84. The number of ether oxygens (including phenoxy) is 1. The zero-order valence-electron chi connectivity index (χ0n) is 6.17. The molecule has 1 rings (SSSR count). The molecule has 1 saturated heterocycles. The van der Waals surface area contributed by atoms with Crippen LogP contribution in [-0.4, -0.2) is 46.5 Å². The van der Waals surface area contributed by atoms with Crippen LogP contribution >= 0.6 is 0 Å². The topological polar surface area (TPSA) is 79.2 Å². The molecule has 0 aromatic carbocycles. The van der Waals surface area contributed by atoms with E-state index in [0.29, 0.717) is 0 Å². The van der Waals surface area contributed by atoms with Crippen molar-refractivity contribution >= 4 is 0 Å². The number of aliphatic hydroxyl groups is 2. The first-order chi connectivity index (χ1) is 5.16. The molecule has 1 aliphatic rings. The van der Waals surface area contributed by atoms with Crippen LogP contribution in [0.5, 0.6) is 0 Å². The highest BCUT2D eigenvalue weighted by atomic mass is 17.1. The van der Waals surface area contributed by atoms with Crippen LogP contribution in [0.3, 0.4) is 0 Å². The molecule has 66 valence electrons. The summed E-state index contributed by atoms with van der Waals surface area (Å²) in [4.78, 5) is 3.80. The van der Waals surface area contributed by atoms with Crippen molar-refractivity contribution in [3.05, 3.63) is 0 Å². The molecule has 5 nitrogen and oxygen atoms in total. The molecule has 3 N–H and O–H groups in total. The molecule has 11 heavy (non-hydrogen) atoms. The van der Waals surface area contributed by atoms with Gasteiger partial charge in [0.2, 0.25) is 0 Å². The first-order valence-electron chi connectivity index (χ1n) is 3.44. The Bertz CT molecular complexity index is 128. The number of aliphatic hydroxyl groups excluding tert-OH is 2. The van der Waals surface area contributed by atoms with Gasteiger partial charge in [0, 0.05) is 0 Å². The minimum absolute atomic E-state index is 0.122. The van der Waals surface area contributed by atoms with E-state index in [1.165, 1.54) is 0 Å². The second-order valence-electron chi connectivity index (χ2n) is 2.66. The lowest BCUT2D eigenvalue weighted by Gasteiger charge is -2.11. The molecule has 0 bridgehead atoms. The summed E-state index contributed by atoms with van der Waals surface area (Å²) in [5.41, 5.74) is 0. The predicted molar refractivity (Wildman–Crippen MR) is 34.9 cm³/mol. The highest BCUT2D eigenvalue weighted by molar-refractivity contribution is 4.87. The number of hydrogen-bond donors (Lipinski definition) is 3. The number of hydrogen-bond acceptors (Lipinski definition) is 5. The second kappa shape index (κ2) is 3.46. The summed E-state index contributed by atoms with van der Waals surface area (Å²) >= 11 is 0. The quantitative estimate of drug-likeness (QED) is 0.360. The van der Waals surface area contributed by atoms with Gasteiger partial charge in [-0.2, -0.15) is 0 Å². The van der Waals surface area contributed by atoms with E-state index in [0.717, 1.165) is 0 Å². The molecule has 4 atom stereocenters. The van der Waals surface area contributed by atoms with Crippen molar-refractivity contribution in [3.63, 3.8) is 0 Å². The van der Waals surface area contributed by atoms with E-state index in [-0.39, 0.29) is 6.61 Å². The zero-order valence-corrected chi connectivity index (χ0v) is 6.17. The molecule has 0 aliphatic carbocycles. The summed E-state index contributed by atoms with van der Waals surface area (Å²) in [6.45, 7) is 1.52. The van der Waals surface area contributed by atoms with Crippen LogP contribution in [0, 0.1) is 0 Å². The van der Waals surface area contributed by atoms with E-state index in [4.69, 9.17) is 15.1 Å². The Morgan fingerprint density at radius 1 is 1.36 bits per heavy atom. The minimum atomic E-state index is -0.975. The van der Waals surface area contributed by atoms with E-state index in [9.17, 15) is 5.11 Å². The van der Waals surface area contributed by atoms with Crippen molar-refractivity contribution in [2.24, 2.45) is 0 Å². The van der Waals surface area contributed by atoms with Crippen LogP contribution < -0.4 is 0 Å². The maximum Gasteiger partial charge on any atom is 0.113 e. The average molecular weight is 164 g/mol. The molecule has 0 saturated carbocycles. The fourth-order valence-corrected chi connectivity index (χ4v) is 1.15. The standard InChI is InChI=1S/C6H12O5/c1-3-5(7)6(8)4(11-3)2-10-9/h3-9H,2H2,1H3/t3-,4+,5?,6-/m0/s1. The maximum absolute atomic E-state index is 9.19. The van der Waals surface area contributed by atoms with Gasteiger partial charge in [-0.25, -0.2) is 4.89 Å². The maximum atomic E-state index is 9.19. The van der Waals surface area contributed by atoms with Crippen LogP contribution in [0.25, 0.3) is 0 Å². The van der Waals surface area contributed by atoms with Gasteiger partial charge in [-0.3, -0.25) is 5.26 Å². The average Bonchev–Trinajstić information content (AvgIpc) is 2.19. The van der Waals surface area contributed by atoms with Crippen molar-refractivity contribution in [2.75, 3.05) is 6.61 Å². The highest BCUT2D eigenvalue weighted by Gasteiger charge is 2.40. The van der Waals surface area contributed by atoms with Gasteiger partial charge < -0.3 is 14.9 Å². The Labute approximate surface area is 64.1 Å². The molecule has 0 radical (unpaired) electrons. The van der Waals surface area contributed by atoms with Gasteiger partial charge in [0.05, 0.1) is 6.10 Å². The molecule has 1 aliphatic heterocycles. The predicted octanol–water partition coefficient (Wildman–Crippen LogP) is -1.01. The smallest absolute Gasteiger partial charge is 0.113 e. The zero-order chi connectivity index (χ0) is 8.43. The van der Waals surface area contributed by atoms with Crippen molar-refractivity contribution < 1.29 is 25.1 Å². The summed E-state index contributed by atoms with van der Waals surface area (Å²) in [5, 5.41) is 26.4. The Balaban J connectivity index is 2.45. The van der Waals surface area contributed by atoms with Gasteiger partial charge in [0.1, 0.15) is 24.9 Å². The van der Waals surface area contributed by atoms with Crippen molar-refractivity contribution in [2.45, 2.75) is 31.3 Å². The Morgan fingerprint density at radius 3 is 2.36 bits per heavy atom. The molecule has 1 unspecified atom stereocenters. The Hall–Kier alpha value is -0.200. The molecule has 5 heteroatoms. The first kappa shape index (κ1) is 8.89. The Kier molecular flexibility index (Phi) is 2.80. The van der Waals surface area contributed by atoms with Crippen LogP contribution in [0.4, 0.5) is 0 Å². The van der Waals surface area contributed by atoms with Crippen LogP contribution in [0.2, 0.25) is 0 Å². The van der Waals surface area contributed by atoms with Gasteiger partial charge in [-0.05, 0) is 6.92 Å². The summed E-state index contributed by atoms with van der Waals surface area (Å²) in [7, 11) is 0. The van der Waals surface area contributed by atoms with Gasteiger partial charge in [0.25, 0.3) is 0 Å². The van der Waals surface area contributed by atoms with Gasteiger partial charge in [-0.15, -0.1) is 0 Å². The van der Waals surface area contributed by atoms with Crippen LogP contribution in [0.1, 0.15) is 6.92 Å². The molecule has 0 aromatic rings. The number of rotatable bonds is 2. The van der Waals surface area contributed by atoms with E-state index in [2.05, 4.69) is 4.89 Å². The fourth-order valence-electron chi connectivity index (χ4n) is 1.15. The summed E-state index contributed by atoms with van der Waals surface area (Å²) in [5.74, 6) is 0. The van der Waals surface area contributed by atoms with Crippen molar-refractivity contribution in [1.82, 2.24) is 0 Å². The SMILES string of the molecule is C[C@@H]1O[C@H](COO)[C@H](O)C1O. The highest BCUT2D eigenvalue weighted by Crippen LogP contribution is 2.20. The van der Waals surface area contributed by atoms with E-state index < -0.39 is 24.4 Å². The monoisotopic (exact) mass is 164 g/mol. The normalized spacial score (nSPS) is 44.7. The lowest BCUT2D eigenvalue weighted by molar-refractivity contribution is -0.263. The van der Waals surface area contributed by atoms with Crippen molar-refractivity contribution in [3.8, 4) is 0 Å². The lowest BCUT2D eigenvalue weighted by atomic mass is 10.1. The molecule has 1 fully saturated rings. The van der Waals surface area contributed by atoms with Crippen LogP contribution in [-0.2, 0) is 9.62 Å². The molecule has 0 spiro atoms. The minimum Gasteiger partial charge on any atom is -0.388 e. The molecule has 0 amide bonds. The summed E-state index contributed by atoms with van der Waals surface area (Å²) < 4.78 is 5.04. The van der Waals surface area contributed by atoms with Crippen LogP contribution in [0.15, 0.2) is 0 Å². The van der Waals surface area contributed by atoms with Gasteiger partial charge in [0.15, 0.2) is 0 Å². The molecule has 1 heterocycles. The third kappa shape index (κ3) is 1.69. The second-order valence-corrected chi connectivity index (χ2v) is 2.66. The van der Waals surface area contributed by atoms with Gasteiger partial charge in [-0.1, -0.05) is 0 Å². The lowest BCUT2D eigenvalue weighted by Crippen LogP contribution is -2.33. The third-order valence-electron chi connectivity index (χ3n) is 1.84. The van der Waals surface area contributed by atoms with Crippen molar-refractivity contribution in [1.29, 1.82) is 0 Å². The van der Waals surface area contributed by atoms with E-state index in [1.807, 2.05) is 0 Å². The molecular weight excluding hydrogens is 152 g/mol. The van der Waals surface area contributed by atoms with E-state index >= 15 is 0 Å². The summed E-state index contributed by atoms with van der Waals surface area (Å²) in [6.07, 6.45) is -2.91. The molecular formula is C6H12O5. The Morgan fingerprint density at radius 2 is 2.00 bits per heavy atom. The summed E-state index contributed by atoms with van der Waals surface area (Å²) in [6, 6.07) is 0.